The van der Waals surface area contributed by atoms with E-state index < -0.39 is 0 Å². The Morgan fingerprint density at radius 2 is 1.56 bits per heavy atom. The summed E-state index contributed by atoms with van der Waals surface area (Å²) in [6.07, 6.45) is 3.65. The summed E-state index contributed by atoms with van der Waals surface area (Å²) in [6, 6.07) is 7.96. The van der Waals surface area contributed by atoms with Crippen LogP contribution in [0.1, 0.15) is 25.7 Å². The van der Waals surface area contributed by atoms with Gasteiger partial charge in [-0.3, -0.25) is 0 Å². The fourth-order valence-electron chi connectivity index (χ4n) is 1.60. The number of hydrogen-bond acceptors (Lipinski definition) is 3. The van der Waals surface area contributed by atoms with E-state index in [-0.39, 0.29) is 6.04 Å². The van der Waals surface area contributed by atoms with Gasteiger partial charge in [-0.15, -0.1) is 0 Å². The minimum Gasteiger partial charge on any atom is -0.321 e. The van der Waals surface area contributed by atoms with Crippen molar-refractivity contribution >= 4 is 15.9 Å². The SMILES string of the molecule is CC(C)C(N)c1ncc(-c2ccc(Br)cc2)cn1. The number of benzene rings is 1. The summed E-state index contributed by atoms with van der Waals surface area (Å²) in [6.45, 7) is 4.13. The molecule has 0 aliphatic carbocycles. The van der Waals surface area contributed by atoms with E-state index >= 15 is 0 Å². The van der Waals surface area contributed by atoms with Crippen molar-refractivity contribution in [2.75, 3.05) is 0 Å². The maximum absolute atomic E-state index is 6.02. The van der Waals surface area contributed by atoms with Crippen LogP contribution >= 0.6 is 15.9 Å². The summed E-state index contributed by atoms with van der Waals surface area (Å²) in [7, 11) is 0. The molecule has 0 aliphatic heterocycles. The second kappa shape index (κ2) is 5.59. The molecule has 1 aromatic carbocycles. The molecule has 0 amide bonds. The van der Waals surface area contributed by atoms with Crippen LogP contribution in [0.5, 0.6) is 0 Å². The summed E-state index contributed by atoms with van der Waals surface area (Å²) in [5.41, 5.74) is 8.12. The predicted molar refractivity (Wildman–Crippen MR) is 76.9 cm³/mol. The van der Waals surface area contributed by atoms with Crippen LogP contribution in [0.4, 0.5) is 0 Å². The summed E-state index contributed by atoms with van der Waals surface area (Å²) < 4.78 is 1.06. The summed E-state index contributed by atoms with van der Waals surface area (Å²) in [5.74, 6) is 1.04. The Morgan fingerprint density at radius 3 is 2.06 bits per heavy atom. The van der Waals surface area contributed by atoms with E-state index in [1.54, 1.807) is 0 Å². The monoisotopic (exact) mass is 305 g/mol. The molecular formula is C14H16BrN3. The zero-order valence-electron chi connectivity index (χ0n) is 10.5. The van der Waals surface area contributed by atoms with Crippen LogP contribution < -0.4 is 5.73 Å². The normalized spacial score (nSPS) is 12.7. The average molecular weight is 306 g/mol. The molecule has 0 bridgehead atoms. The summed E-state index contributed by atoms with van der Waals surface area (Å²) in [5, 5.41) is 0. The molecule has 0 fully saturated rings. The zero-order valence-corrected chi connectivity index (χ0v) is 12.1. The molecule has 2 aromatic rings. The van der Waals surface area contributed by atoms with Crippen LogP contribution in [-0.2, 0) is 0 Å². The molecule has 2 N–H and O–H groups in total. The van der Waals surface area contributed by atoms with Gasteiger partial charge in [0, 0.05) is 22.4 Å². The fraction of sp³-hybridized carbons (Fsp3) is 0.286. The van der Waals surface area contributed by atoms with Gasteiger partial charge in [-0.1, -0.05) is 41.9 Å². The van der Waals surface area contributed by atoms with Gasteiger partial charge in [-0.2, -0.15) is 0 Å². The number of aromatic nitrogens is 2. The molecule has 3 nitrogen and oxygen atoms in total. The molecule has 1 aromatic heterocycles. The highest BCUT2D eigenvalue weighted by Gasteiger charge is 2.13. The largest absolute Gasteiger partial charge is 0.321 e. The first-order chi connectivity index (χ1) is 8.58. The predicted octanol–water partition coefficient (Wildman–Crippen LogP) is 3.56. The van der Waals surface area contributed by atoms with E-state index in [0.717, 1.165) is 15.6 Å². The van der Waals surface area contributed by atoms with Gasteiger partial charge in [0.15, 0.2) is 0 Å². The van der Waals surface area contributed by atoms with Crippen molar-refractivity contribution in [2.24, 2.45) is 11.7 Å². The van der Waals surface area contributed by atoms with Gasteiger partial charge in [0.1, 0.15) is 5.82 Å². The highest BCUT2D eigenvalue weighted by molar-refractivity contribution is 9.10. The third-order valence-electron chi connectivity index (χ3n) is 2.87. The first kappa shape index (κ1) is 13.2. The third kappa shape index (κ3) is 2.94. The summed E-state index contributed by atoms with van der Waals surface area (Å²) in [4.78, 5) is 8.70. The molecule has 1 unspecified atom stereocenters. The van der Waals surface area contributed by atoms with Crippen molar-refractivity contribution in [1.82, 2.24) is 9.97 Å². The molecule has 4 heteroatoms. The Morgan fingerprint density at radius 1 is 1.00 bits per heavy atom. The van der Waals surface area contributed by atoms with Crippen molar-refractivity contribution in [3.63, 3.8) is 0 Å². The van der Waals surface area contributed by atoms with E-state index in [0.29, 0.717) is 11.7 Å². The highest BCUT2D eigenvalue weighted by atomic mass is 79.9. The lowest BCUT2D eigenvalue weighted by atomic mass is 10.0. The molecule has 1 atom stereocenters. The van der Waals surface area contributed by atoms with Crippen molar-refractivity contribution < 1.29 is 0 Å². The average Bonchev–Trinajstić information content (AvgIpc) is 2.39. The topological polar surface area (TPSA) is 51.8 Å². The Labute approximate surface area is 116 Å². The van der Waals surface area contributed by atoms with Gasteiger partial charge in [0.05, 0.1) is 6.04 Å². The highest BCUT2D eigenvalue weighted by Crippen LogP contribution is 2.21. The zero-order chi connectivity index (χ0) is 13.1. The molecule has 0 radical (unpaired) electrons. The minimum absolute atomic E-state index is 0.107. The molecule has 0 saturated carbocycles. The van der Waals surface area contributed by atoms with Gasteiger partial charge in [0.25, 0.3) is 0 Å². The van der Waals surface area contributed by atoms with Crippen molar-refractivity contribution in [1.29, 1.82) is 0 Å². The maximum atomic E-state index is 6.02. The van der Waals surface area contributed by atoms with E-state index in [1.165, 1.54) is 0 Å². The Hall–Kier alpha value is -1.26. The second-order valence-corrected chi connectivity index (χ2v) is 5.52. The van der Waals surface area contributed by atoms with Gasteiger partial charge < -0.3 is 5.73 Å². The molecule has 2 rings (SSSR count). The van der Waals surface area contributed by atoms with Crippen LogP contribution in [0.2, 0.25) is 0 Å². The maximum Gasteiger partial charge on any atom is 0.145 e. The molecule has 0 spiro atoms. The molecule has 94 valence electrons. The fourth-order valence-corrected chi connectivity index (χ4v) is 1.86. The van der Waals surface area contributed by atoms with Crippen molar-refractivity contribution in [3.8, 4) is 11.1 Å². The van der Waals surface area contributed by atoms with Gasteiger partial charge in [-0.25, -0.2) is 9.97 Å². The quantitative estimate of drug-likeness (QED) is 0.943. The third-order valence-corrected chi connectivity index (χ3v) is 3.39. The van der Waals surface area contributed by atoms with E-state index in [4.69, 9.17) is 5.73 Å². The molecule has 0 aliphatic rings. The molecule has 18 heavy (non-hydrogen) atoms. The second-order valence-electron chi connectivity index (χ2n) is 4.61. The lowest BCUT2D eigenvalue weighted by molar-refractivity contribution is 0.490. The van der Waals surface area contributed by atoms with Crippen molar-refractivity contribution in [3.05, 3.63) is 47.0 Å². The standard InChI is InChI=1S/C14H16BrN3/c1-9(2)13(16)14-17-7-11(8-18-14)10-3-5-12(15)6-4-10/h3-9,13H,16H2,1-2H3. The molecular weight excluding hydrogens is 290 g/mol. The van der Waals surface area contributed by atoms with Gasteiger partial charge >= 0.3 is 0 Å². The van der Waals surface area contributed by atoms with E-state index in [9.17, 15) is 0 Å². The molecule has 1 heterocycles. The number of hydrogen-bond donors (Lipinski definition) is 1. The molecule has 0 saturated heterocycles. The Bertz CT molecular complexity index is 506. The number of nitrogens with zero attached hydrogens (tertiary/aromatic N) is 2. The minimum atomic E-state index is -0.107. The van der Waals surface area contributed by atoms with Crippen LogP contribution in [-0.4, -0.2) is 9.97 Å². The number of nitrogens with two attached hydrogens (primary N) is 1. The van der Waals surface area contributed by atoms with Crippen LogP contribution in [0.15, 0.2) is 41.1 Å². The van der Waals surface area contributed by atoms with Gasteiger partial charge in [-0.05, 0) is 23.6 Å². The Balaban J connectivity index is 2.24. The first-order valence-corrected chi connectivity index (χ1v) is 6.70. The summed E-state index contributed by atoms with van der Waals surface area (Å²) >= 11 is 3.42. The Kier molecular flexibility index (Phi) is 4.09. The van der Waals surface area contributed by atoms with Gasteiger partial charge in [0.2, 0.25) is 0 Å². The lowest BCUT2D eigenvalue weighted by Gasteiger charge is -2.13. The smallest absolute Gasteiger partial charge is 0.145 e. The van der Waals surface area contributed by atoms with E-state index in [2.05, 4.69) is 39.7 Å². The van der Waals surface area contributed by atoms with Crippen LogP contribution in [0.3, 0.4) is 0 Å². The van der Waals surface area contributed by atoms with Crippen molar-refractivity contribution in [2.45, 2.75) is 19.9 Å². The van der Waals surface area contributed by atoms with Crippen LogP contribution in [0.25, 0.3) is 11.1 Å². The number of halogens is 1. The van der Waals surface area contributed by atoms with E-state index in [1.807, 2.05) is 36.7 Å². The number of rotatable bonds is 3. The van der Waals surface area contributed by atoms with Crippen LogP contribution in [0, 0.1) is 5.92 Å². The first-order valence-electron chi connectivity index (χ1n) is 5.91. The lowest BCUT2D eigenvalue weighted by Crippen LogP contribution is -2.19.